The van der Waals surface area contributed by atoms with Gasteiger partial charge in [0.2, 0.25) is 11.2 Å². The van der Waals surface area contributed by atoms with E-state index in [0.29, 0.717) is 24.6 Å². The molecule has 116 valence electrons. The fraction of sp³-hybridized carbons (Fsp3) is 0.769. The van der Waals surface area contributed by atoms with Crippen LogP contribution in [-0.4, -0.2) is 64.9 Å². The molecule has 1 saturated carbocycles. The Morgan fingerprint density at radius 3 is 3.05 bits per heavy atom. The first kappa shape index (κ1) is 14.7. The summed E-state index contributed by atoms with van der Waals surface area (Å²) in [4.78, 5) is 18.2. The van der Waals surface area contributed by atoms with Crippen LogP contribution in [0.15, 0.2) is 0 Å². The number of likely N-dealkylation sites (N-methyl/N-ethyl adjacent to an activating group) is 1. The third kappa shape index (κ3) is 2.90. The Balaban J connectivity index is 1.52. The first-order valence-corrected chi connectivity index (χ1v) is 7.58. The molecule has 3 rings (SSSR count). The van der Waals surface area contributed by atoms with E-state index in [1.165, 1.54) is 0 Å². The van der Waals surface area contributed by atoms with Crippen LogP contribution in [0.5, 0.6) is 0 Å². The van der Waals surface area contributed by atoms with E-state index in [2.05, 4.69) is 25.4 Å². The molecule has 0 aromatic carbocycles. The Morgan fingerprint density at radius 2 is 2.38 bits per heavy atom. The number of aromatic amines is 1. The van der Waals surface area contributed by atoms with Gasteiger partial charge in [-0.25, -0.2) is 4.98 Å². The molecule has 2 N–H and O–H groups in total. The number of H-pyrrole nitrogens is 1. The van der Waals surface area contributed by atoms with E-state index in [1.54, 1.807) is 0 Å². The van der Waals surface area contributed by atoms with E-state index >= 15 is 0 Å². The zero-order valence-electron chi connectivity index (χ0n) is 12.2. The molecule has 0 radical (unpaired) electrons. The average Bonchev–Trinajstić information content (AvgIpc) is 3.00. The fourth-order valence-corrected chi connectivity index (χ4v) is 3.50. The van der Waals surface area contributed by atoms with Crippen molar-refractivity contribution in [1.82, 2.24) is 25.4 Å². The topological polar surface area (TPSA) is 83.1 Å². The van der Waals surface area contributed by atoms with Gasteiger partial charge in [-0.3, -0.25) is 9.89 Å². The first-order valence-electron chi connectivity index (χ1n) is 7.20. The van der Waals surface area contributed by atoms with Crippen LogP contribution in [0, 0.1) is 5.92 Å². The Labute approximate surface area is 128 Å². The van der Waals surface area contributed by atoms with E-state index < -0.39 is 0 Å². The van der Waals surface area contributed by atoms with Crippen molar-refractivity contribution in [2.45, 2.75) is 37.5 Å². The van der Waals surface area contributed by atoms with Crippen molar-refractivity contribution in [3.05, 3.63) is 11.1 Å². The Kier molecular flexibility index (Phi) is 4.14. The second-order valence-electron chi connectivity index (χ2n) is 5.89. The van der Waals surface area contributed by atoms with Crippen molar-refractivity contribution in [3.63, 3.8) is 0 Å². The molecule has 2 aliphatic rings. The molecule has 4 atom stereocenters. The minimum Gasteiger partial charge on any atom is -0.376 e. The number of nitrogens with one attached hydrogen (secondary N) is 2. The number of aryl methyl sites for hydroxylation is 1. The van der Waals surface area contributed by atoms with Gasteiger partial charge in [-0.1, -0.05) is 0 Å². The van der Waals surface area contributed by atoms with Gasteiger partial charge in [0.15, 0.2) is 0 Å². The molecule has 8 heteroatoms. The molecule has 1 amide bonds. The van der Waals surface area contributed by atoms with Crippen LogP contribution < -0.4 is 5.32 Å². The van der Waals surface area contributed by atoms with Crippen molar-refractivity contribution in [3.8, 4) is 0 Å². The van der Waals surface area contributed by atoms with E-state index in [4.69, 9.17) is 16.3 Å². The van der Waals surface area contributed by atoms with Gasteiger partial charge in [0.1, 0.15) is 5.82 Å². The van der Waals surface area contributed by atoms with Gasteiger partial charge >= 0.3 is 0 Å². The Hall–Kier alpha value is -1.18. The van der Waals surface area contributed by atoms with Crippen LogP contribution in [0.2, 0.25) is 5.28 Å². The molecule has 7 nitrogen and oxygen atoms in total. The maximum atomic E-state index is 12.1. The van der Waals surface area contributed by atoms with Gasteiger partial charge in [0.05, 0.1) is 18.2 Å². The normalized spacial score (nSPS) is 31.0. The summed E-state index contributed by atoms with van der Waals surface area (Å²) < 4.78 is 5.74. The van der Waals surface area contributed by atoms with Crippen molar-refractivity contribution >= 4 is 17.5 Å². The molecule has 2 fully saturated rings. The average molecular weight is 314 g/mol. The highest BCUT2D eigenvalue weighted by Gasteiger charge is 2.55. The smallest absolute Gasteiger partial charge is 0.242 e. The lowest BCUT2D eigenvalue weighted by atomic mass is 9.71. The van der Waals surface area contributed by atoms with Crippen LogP contribution in [0.25, 0.3) is 0 Å². The number of nitrogens with zero attached hydrogens (tertiary/aromatic N) is 3. The van der Waals surface area contributed by atoms with Crippen LogP contribution in [-0.2, 0) is 16.0 Å². The number of fused-ring (bicyclic) bond motifs is 1. The summed E-state index contributed by atoms with van der Waals surface area (Å²) in [6.45, 7) is 0.794. The van der Waals surface area contributed by atoms with Gasteiger partial charge in [-0.05, 0) is 32.1 Å². The quantitative estimate of drug-likeness (QED) is 0.813. The summed E-state index contributed by atoms with van der Waals surface area (Å²) in [6, 6.07) is 0.444. The molecular weight excluding hydrogens is 294 g/mol. The molecule has 0 unspecified atom stereocenters. The van der Waals surface area contributed by atoms with Crippen LogP contribution in [0.4, 0.5) is 0 Å². The van der Waals surface area contributed by atoms with E-state index in [1.807, 2.05) is 14.1 Å². The first-order chi connectivity index (χ1) is 10.1. The summed E-state index contributed by atoms with van der Waals surface area (Å²) in [5.41, 5.74) is 0. The monoisotopic (exact) mass is 313 g/mol. The van der Waals surface area contributed by atoms with E-state index in [0.717, 1.165) is 13.0 Å². The molecular formula is C13H20ClN5O2. The Morgan fingerprint density at radius 1 is 1.57 bits per heavy atom. The van der Waals surface area contributed by atoms with Gasteiger partial charge in [0, 0.05) is 25.4 Å². The summed E-state index contributed by atoms with van der Waals surface area (Å²) in [6.07, 6.45) is 2.17. The van der Waals surface area contributed by atoms with Crippen LogP contribution >= 0.6 is 11.6 Å². The predicted molar refractivity (Wildman–Crippen MR) is 77.0 cm³/mol. The lowest BCUT2D eigenvalue weighted by molar-refractivity contribution is -0.128. The number of amides is 1. The third-order valence-corrected chi connectivity index (χ3v) is 4.54. The number of hydrogen-bond acceptors (Lipinski definition) is 5. The highest BCUT2D eigenvalue weighted by Crippen LogP contribution is 2.41. The minimum atomic E-state index is 0.0322. The number of carbonyl (C=O) groups is 1. The SMILES string of the molecule is CN(C)[C@H]1[C@H](NC(=O)CCc2nc(Cl)n[nH]2)[C@@H]2CCO[C@@H]21. The zero-order chi connectivity index (χ0) is 15.0. The molecule has 1 aliphatic carbocycles. The number of carbonyl (C=O) groups excluding carboxylic acids is 1. The van der Waals surface area contributed by atoms with Crippen LogP contribution in [0.1, 0.15) is 18.7 Å². The third-order valence-electron chi connectivity index (χ3n) is 4.37. The molecule has 1 aromatic rings. The number of hydrogen-bond donors (Lipinski definition) is 2. The molecule has 21 heavy (non-hydrogen) atoms. The fourth-order valence-electron chi connectivity index (χ4n) is 3.36. The standard InChI is InChI=1S/C13H20ClN5O2/c1-19(2)11-10(7-5-6-21-12(7)11)16-9(20)4-3-8-15-13(14)18-17-8/h7,10-12H,3-6H2,1-2H3,(H,16,20)(H,15,17,18)/t7-,10+,11-,12-/m0/s1. The molecule has 2 heterocycles. The largest absolute Gasteiger partial charge is 0.376 e. The molecule has 1 aromatic heterocycles. The summed E-state index contributed by atoms with van der Waals surface area (Å²) >= 11 is 5.63. The number of ether oxygens (including phenoxy) is 1. The van der Waals surface area contributed by atoms with E-state index in [-0.39, 0.29) is 29.4 Å². The summed E-state index contributed by atoms with van der Waals surface area (Å²) in [5.74, 6) is 1.11. The minimum absolute atomic E-state index is 0.0322. The van der Waals surface area contributed by atoms with Crippen molar-refractivity contribution in [1.29, 1.82) is 0 Å². The molecule has 0 bridgehead atoms. The van der Waals surface area contributed by atoms with Gasteiger partial charge < -0.3 is 15.0 Å². The molecule has 1 aliphatic heterocycles. The maximum Gasteiger partial charge on any atom is 0.242 e. The predicted octanol–water partition coefficient (Wildman–Crippen LogP) is 0.224. The van der Waals surface area contributed by atoms with Crippen LogP contribution in [0.3, 0.4) is 0 Å². The number of rotatable bonds is 5. The lowest BCUT2D eigenvalue weighted by Crippen LogP contribution is -2.69. The van der Waals surface area contributed by atoms with Crippen molar-refractivity contribution in [2.24, 2.45) is 5.92 Å². The molecule has 0 spiro atoms. The molecule has 1 saturated heterocycles. The second-order valence-corrected chi connectivity index (χ2v) is 6.22. The maximum absolute atomic E-state index is 12.1. The van der Waals surface area contributed by atoms with Crippen molar-refractivity contribution in [2.75, 3.05) is 20.7 Å². The highest BCUT2D eigenvalue weighted by molar-refractivity contribution is 6.28. The summed E-state index contributed by atoms with van der Waals surface area (Å²) in [5, 5.41) is 9.76. The van der Waals surface area contributed by atoms with Gasteiger partial charge in [0.25, 0.3) is 0 Å². The summed E-state index contributed by atoms with van der Waals surface area (Å²) in [7, 11) is 4.05. The number of aromatic nitrogens is 3. The Bertz CT molecular complexity index is 520. The zero-order valence-corrected chi connectivity index (χ0v) is 12.9. The number of halogens is 1. The lowest BCUT2D eigenvalue weighted by Gasteiger charge is -2.50. The highest BCUT2D eigenvalue weighted by atomic mass is 35.5. The van der Waals surface area contributed by atoms with Gasteiger partial charge in [-0.15, -0.1) is 5.10 Å². The van der Waals surface area contributed by atoms with Crippen molar-refractivity contribution < 1.29 is 9.53 Å². The second kappa shape index (κ2) is 5.90. The van der Waals surface area contributed by atoms with E-state index in [9.17, 15) is 4.79 Å². The van der Waals surface area contributed by atoms with Gasteiger partial charge in [-0.2, -0.15) is 0 Å².